The molecule has 0 radical (unpaired) electrons. The summed E-state index contributed by atoms with van der Waals surface area (Å²) in [6.45, 7) is 4.05. The highest BCUT2D eigenvalue weighted by Crippen LogP contribution is 2.42. The maximum Gasteiger partial charge on any atom is 0.276 e. The molecule has 0 saturated carbocycles. The highest BCUT2D eigenvalue weighted by Gasteiger charge is 2.54. The quantitative estimate of drug-likeness (QED) is 0.208. The SMILES string of the molecule is CO/N=C(\C(=O)NC1C(=O)N2C(C(=O)S)=C(CC3COC(C)(C)O3)CS[C@H]12)c1csc(N)n1. The Bertz CT molecular complexity index is 1050. The van der Waals surface area contributed by atoms with E-state index in [-0.39, 0.29) is 28.3 Å². The van der Waals surface area contributed by atoms with Crippen molar-refractivity contribution >= 4 is 63.5 Å². The van der Waals surface area contributed by atoms with Gasteiger partial charge in [-0.05, 0) is 19.4 Å². The molecule has 11 nitrogen and oxygen atoms in total. The van der Waals surface area contributed by atoms with Crippen LogP contribution < -0.4 is 11.1 Å². The predicted molar refractivity (Wildman–Crippen MR) is 126 cm³/mol. The third-order valence-corrected chi connectivity index (χ3v) is 7.47. The first-order valence-corrected chi connectivity index (χ1v) is 12.3. The molecule has 3 aliphatic rings. The maximum atomic E-state index is 13.0. The fourth-order valence-corrected chi connectivity index (χ4v) is 6.06. The number of hydrogen-bond acceptors (Lipinski definition) is 11. The number of thioether (sulfide) groups is 1. The summed E-state index contributed by atoms with van der Waals surface area (Å²) in [7, 11) is 1.30. The first kappa shape index (κ1) is 24.0. The minimum Gasteiger partial charge on any atom is -0.398 e. The Morgan fingerprint density at radius 1 is 1.48 bits per heavy atom. The van der Waals surface area contributed by atoms with Gasteiger partial charge in [0, 0.05) is 17.6 Å². The van der Waals surface area contributed by atoms with Crippen LogP contribution in [-0.2, 0) is 28.7 Å². The first-order valence-electron chi connectivity index (χ1n) is 9.96. The van der Waals surface area contributed by atoms with E-state index < -0.39 is 34.1 Å². The summed E-state index contributed by atoms with van der Waals surface area (Å²) < 4.78 is 11.4. The zero-order valence-corrected chi connectivity index (χ0v) is 20.6. The van der Waals surface area contributed by atoms with Crippen molar-refractivity contribution in [1.29, 1.82) is 0 Å². The number of nitrogen functional groups attached to an aromatic ring is 1. The van der Waals surface area contributed by atoms with Crippen LogP contribution in [0.15, 0.2) is 21.8 Å². The van der Waals surface area contributed by atoms with Gasteiger partial charge in [0.05, 0.1) is 18.4 Å². The van der Waals surface area contributed by atoms with Crippen molar-refractivity contribution in [2.45, 2.75) is 43.6 Å². The van der Waals surface area contributed by atoms with Crippen LogP contribution in [-0.4, -0.2) is 75.3 Å². The Morgan fingerprint density at radius 3 is 2.82 bits per heavy atom. The third kappa shape index (κ3) is 4.75. The Morgan fingerprint density at radius 2 is 2.24 bits per heavy atom. The van der Waals surface area contributed by atoms with Crippen molar-refractivity contribution in [3.8, 4) is 0 Å². The number of amides is 2. The molecule has 1 aromatic heterocycles. The summed E-state index contributed by atoms with van der Waals surface area (Å²) in [5.41, 5.74) is 6.79. The number of nitrogens with zero attached hydrogens (tertiary/aromatic N) is 3. The Labute approximate surface area is 203 Å². The maximum absolute atomic E-state index is 13.0. The van der Waals surface area contributed by atoms with Gasteiger partial charge < -0.3 is 25.4 Å². The van der Waals surface area contributed by atoms with Gasteiger partial charge in [-0.2, -0.15) is 0 Å². The van der Waals surface area contributed by atoms with Gasteiger partial charge in [0.15, 0.2) is 16.6 Å². The summed E-state index contributed by atoms with van der Waals surface area (Å²) >= 11 is 6.60. The summed E-state index contributed by atoms with van der Waals surface area (Å²) in [6.07, 6.45) is 0.224. The minimum atomic E-state index is -0.838. The van der Waals surface area contributed by atoms with Crippen molar-refractivity contribution in [1.82, 2.24) is 15.2 Å². The number of oxime groups is 1. The van der Waals surface area contributed by atoms with Crippen LogP contribution in [0, 0.1) is 0 Å². The number of nitrogens with two attached hydrogens (primary N) is 1. The van der Waals surface area contributed by atoms with Crippen LogP contribution in [0.4, 0.5) is 5.13 Å². The highest BCUT2D eigenvalue weighted by molar-refractivity contribution is 8.00. The lowest BCUT2D eigenvalue weighted by Crippen LogP contribution is -2.71. The summed E-state index contributed by atoms with van der Waals surface area (Å²) in [5, 5.41) is 7.29. The molecule has 2 unspecified atom stereocenters. The molecule has 0 aromatic carbocycles. The second-order valence-electron chi connectivity index (χ2n) is 7.97. The Balaban J connectivity index is 1.49. The van der Waals surface area contributed by atoms with Crippen LogP contribution >= 0.6 is 35.7 Å². The average Bonchev–Trinajstić information content (AvgIpc) is 3.33. The number of hydrogen-bond donors (Lipinski definition) is 3. The number of thiazole rings is 1. The molecule has 3 aliphatic heterocycles. The second kappa shape index (κ2) is 9.25. The topological polar surface area (TPSA) is 145 Å². The smallest absolute Gasteiger partial charge is 0.276 e. The fraction of sp³-hybridized carbons (Fsp3) is 0.526. The zero-order chi connectivity index (χ0) is 23.9. The number of nitrogens with one attached hydrogen (secondary N) is 1. The zero-order valence-electron chi connectivity index (χ0n) is 18.1. The van der Waals surface area contributed by atoms with Gasteiger partial charge in [-0.15, -0.1) is 23.1 Å². The van der Waals surface area contributed by atoms with Gasteiger partial charge in [0.2, 0.25) is 5.12 Å². The molecular formula is C19H23N5O6S3. The highest BCUT2D eigenvalue weighted by atomic mass is 32.2. The van der Waals surface area contributed by atoms with Crippen LogP contribution in [0.2, 0.25) is 0 Å². The van der Waals surface area contributed by atoms with Crippen molar-refractivity contribution in [3.63, 3.8) is 0 Å². The largest absolute Gasteiger partial charge is 0.398 e. The van der Waals surface area contributed by atoms with Gasteiger partial charge in [-0.1, -0.05) is 17.8 Å². The number of aromatic nitrogens is 1. The number of rotatable bonds is 7. The molecule has 0 aliphatic carbocycles. The van der Waals surface area contributed by atoms with E-state index in [2.05, 4.69) is 28.1 Å². The van der Waals surface area contributed by atoms with Crippen LogP contribution in [0.1, 0.15) is 26.0 Å². The number of carbonyl (C=O) groups excluding carboxylic acids is 3. The molecule has 4 heterocycles. The average molecular weight is 514 g/mol. The number of carbonyl (C=O) groups is 3. The van der Waals surface area contributed by atoms with E-state index in [1.165, 1.54) is 23.8 Å². The number of β-lactam (4-membered cyclic amide) rings is 1. The van der Waals surface area contributed by atoms with E-state index in [0.29, 0.717) is 18.8 Å². The second-order valence-corrected chi connectivity index (χ2v) is 10.4. The molecule has 178 valence electrons. The molecule has 4 rings (SSSR count). The molecule has 2 fully saturated rings. The van der Waals surface area contributed by atoms with Crippen LogP contribution in [0.5, 0.6) is 0 Å². The van der Waals surface area contributed by atoms with Gasteiger partial charge in [0.1, 0.15) is 24.2 Å². The van der Waals surface area contributed by atoms with E-state index in [1.807, 2.05) is 13.8 Å². The van der Waals surface area contributed by atoms with Gasteiger partial charge in [0.25, 0.3) is 11.8 Å². The molecule has 3 N–H and O–H groups in total. The molecule has 0 spiro atoms. The lowest BCUT2D eigenvalue weighted by molar-refractivity contribution is -0.146. The number of anilines is 1. The van der Waals surface area contributed by atoms with Crippen LogP contribution in [0.3, 0.4) is 0 Å². The van der Waals surface area contributed by atoms with Crippen LogP contribution in [0.25, 0.3) is 0 Å². The van der Waals surface area contributed by atoms with E-state index >= 15 is 0 Å². The number of ether oxygens (including phenoxy) is 2. The van der Waals surface area contributed by atoms with Crippen molar-refractivity contribution in [2.75, 3.05) is 25.2 Å². The molecule has 1 aromatic rings. The molecule has 3 atom stereocenters. The lowest BCUT2D eigenvalue weighted by Gasteiger charge is -2.50. The number of fused-ring (bicyclic) bond motifs is 1. The van der Waals surface area contributed by atoms with E-state index in [4.69, 9.17) is 20.0 Å². The van der Waals surface area contributed by atoms with Crippen molar-refractivity contribution in [2.24, 2.45) is 5.16 Å². The molecule has 33 heavy (non-hydrogen) atoms. The lowest BCUT2D eigenvalue weighted by atomic mass is 10.0. The summed E-state index contributed by atoms with van der Waals surface area (Å²) in [5.74, 6) is -1.24. The van der Waals surface area contributed by atoms with Gasteiger partial charge in [-0.3, -0.25) is 19.3 Å². The van der Waals surface area contributed by atoms with E-state index in [0.717, 1.165) is 16.9 Å². The normalized spacial score (nSPS) is 26.7. The van der Waals surface area contributed by atoms with E-state index in [9.17, 15) is 14.4 Å². The van der Waals surface area contributed by atoms with E-state index in [1.54, 1.807) is 5.38 Å². The third-order valence-electron chi connectivity index (χ3n) is 5.24. The summed E-state index contributed by atoms with van der Waals surface area (Å²) in [4.78, 5) is 48.3. The standard InChI is InChI=1S/C19H23N5O6S3/c1-19(2)29-5-9(30-19)4-8-6-32-16-12(15(26)24(16)13(8)17(27)31)22-14(25)11(23-28-3)10-7-33-18(20)21-10/h7,9,12,16H,4-6H2,1-3H3,(H2,20,21)(H,22,25)(H,27,31)/b23-11-/t9?,12?,16-/m1/s1. The molecule has 2 amide bonds. The fourth-order valence-electron chi connectivity index (χ4n) is 3.88. The monoisotopic (exact) mass is 513 g/mol. The minimum absolute atomic E-state index is 0.0970. The Hall–Kier alpha value is -2.13. The van der Waals surface area contributed by atoms with Gasteiger partial charge in [-0.25, -0.2) is 4.98 Å². The summed E-state index contributed by atoms with van der Waals surface area (Å²) in [6, 6.07) is -0.838. The predicted octanol–water partition coefficient (Wildman–Crippen LogP) is 0.728. The van der Waals surface area contributed by atoms with Crippen molar-refractivity contribution in [3.05, 3.63) is 22.3 Å². The number of thiol groups is 1. The molecular weight excluding hydrogens is 490 g/mol. The molecule has 0 bridgehead atoms. The van der Waals surface area contributed by atoms with Gasteiger partial charge >= 0.3 is 0 Å². The Kier molecular flexibility index (Phi) is 6.73. The molecule has 14 heteroatoms. The molecule has 2 saturated heterocycles. The first-order chi connectivity index (χ1) is 15.6. The van der Waals surface area contributed by atoms with Crippen molar-refractivity contribution < 1.29 is 28.7 Å².